The van der Waals surface area contributed by atoms with Gasteiger partial charge in [0.2, 0.25) is 0 Å². The predicted octanol–water partition coefficient (Wildman–Crippen LogP) is 2.31. The van der Waals surface area contributed by atoms with Crippen LogP contribution in [0, 0.1) is 0 Å². The number of benzene rings is 1. The molecule has 0 fully saturated rings. The zero-order valence-electron chi connectivity index (χ0n) is 16.3. The van der Waals surface area contributed by atoms with Crippen molar-refractivity contribution >= 4 is 29.7 Å². The van der Waals surface area contributed by atoms with Gasteiger partial charge < -0.3 is 25.4 Å². The van der Waals surface area contributed by atoms with E-state index in [1.54, 1.807) is 46.3 Å². The minimum absolute atomic E-state index is 0.0360. The van der Waals surface area contributed by atoms with Crippen molar-refractivity contribution in [3.8, 4) is 5.75 Å². The normalized spacial score (nSPS) is 12.9. The van der Waals surface area contributed by atoms with E-state index in [0.717, 1.165) is 5.56 Å². The zero-order valence-corrected chi connectivity index (χ0v) is 17.1. The largest absolute Gasteiger partial charge is 0.497 e. The van der Waals surface area contributed by atoms with Crippen LogP contribution in [0.15, 0.2) is 29.4 Å². The highest BCUT2D eigenvalue weighted by molar-refractivity contribution is 7.99. The lowest BCUT2D eigenvalue weighted by Gasteiger charge is -2.23. The number of oxime groups is 1. The summed E-state index contributed by atoms with van der Waals surface area (Å²) in [6, 6.07) is 6.57. The maximum absolute atomic E-state index is 12.1. The molecule has 8 nitrogen and oxygen atoms in total. The summed E-state index contributed by atoms with van der Waals surface area (Å²) in [6.45, 7) is 5.27. The fourth-order valence-electron chi connectivity index (χ4n) is 1.99. The number of alkyl carbamates (subject to hydrolysis) is 1. The van der Waals surface area contributed by atoms with Crippen LogP contribution in [-0.4, -0.2) is 48.7 Å². The summed E-state index contributed by atoms with van der Waals surface area (Å²) in [5, 5.41) is 6.32. The number of rotatable bonds is 8. The Bertz CT molecular complexity index is 656. The average Bonchev–Trinajstić information content (AvgIpc) is 2.58. The Labute approximate surface area is 163 Å². The third-order valence-electron chi connectivity index (χ3n) is 3.16. The molecular formula is C18H27N3O5S. The summed E-state index contributed by atoms with van der Waals surface area (Å²) in [5.41, 5.74) is 6.17. The number of carbonyl (C=O) groups is 2. The molecular weight excluding hydrogens is 370 g/mol. The Hall–Kier alpha value is -2.42. The van der Waals surface area contributed by atoms with Gasteiger partial charge >= 0.3 is 12.1 Å². The molecule has 0 spiro atoms. The van der Waals surface area contributed by atoms with Gasteiger partial charge in [-0.05, 0) is 44.7 Å². The first-order valence-electron chi connectivity index (χ1n) is 8.29. The molecule has 0 aliphatic carbocycles. The van der Waals surface area contributed by atoms with Crippen LogP contribution in [0.3, 0.4) is 0 Å². The molecule has 1 rings (SSSR count). The Balaban J connectivity index is 2.91. The van der Waals surface area contributed by atoms with E-state index in [2.05, 4.69) is 10.5 Å². The molecule has 27 heavy (non-hydrogen) atoms. The number of methoxy groups -OCH3 is 1. The van der Waals surface area contributed by atoms with E-state index >= 15 is 0 Å². The number of nitrogens with one attached hydrogen (secondary N) is 1. The van der Waals surface area contributed by atoms with E-state index in [1.165, 1.54) is 11.8 Å². The van der Waals surface area contributed by atoms with Gasteiger partial charge in [-0.1, -0.05) is 17.3 Å². The van der Waals surface area contributed by atoms with Crippen LogP contribution in [0.5, 0.6) is 5.75 Å². The fourth-order valence-corrected chi connectivity index (χ4v) is 2.28. The Kier molecular flexibility index (Phi) is 8.93. The first-order valence-corrected chi connectivity index (χ1v) is 9.68. The highest BCUT2D eigenvalue weighted by atomic mass is 32.2. The van der Waals surface area contributed by atoms with Gasteiger partial charge in [-0.3, -0.25) is 0 Å². The van der Waals surface area contributed by atoms with E-state index in [1.807, 2.05) is 12.1 Å². The summed E-state index contributed by atoms with van der Waals surface area (Å²) in [7, 11) is 1.58. The van der Waals surface area contributed by atoms with Crippen molar-refractivity contribution in [2.24, 2.45) is 10.9 Å². The number of carbonyl (C=O) groups excluding carboxylic acids is 2. The second-order valence-corrected chi connectivity index (χ2v) is 7.53. The van der Waals surface area contributed by atoms with Crippen LogP contribution >= 0.6 is 11.8 Å². The van der Waals surface area contributed by atoms with Crippen LogP contribution in [0.2, 0.25) is 0 Å². The fraction of sp³-hybridized carbons (Fsp3) is 0.500. The maximum Gasteiger partial charge on any atom is 0.408 e. The number of ether oxygens (including phenoxy) is 2. The minimum Gasteiger partial charge on any atom is -0.497 e. The molecule has 0 radical (unpaired) electrons. The smallest absolute Gasteiger partial charge is 0.408 e. The lowest BCUT2D eigenvalue weighted by Crippen LogP contribution is -2.47. The highest BCUT2D eigenvalue weighted by Gasteiger charge is 2.23. The zero-order chi connectivity index (χ0) is 20.4. The highest BCUT2D eigenvalue weighted by Crippen LogP contribution is 2.13. The average molecular weight is 397 g/mol. The van der Waals surface area contributed by atoms with Gasteiger partial charge in [0.15, 0.2) is 5.84 Å². The molecule has 0 unspecified atom stereocenters. The van der Waals surface area contributed by atoms with Gasteiger partial charge in [0.05, 0.1) is 18.9 Å². The third kappa shape index (κ3) is 9.18. The van der Waals surface area contributed by atoms with Crippen molar-refractivity contribution < 1.29 is 23.9 Å². The molecule has 0 bridgehead atoms. The molecule has 0 heterocycles. The van der Waals surface area contributed by atoms with E-state index in [0.29, 0.717) is 12.2 Å². The molecule has 9 heteroatoms. The molecule has 0 saturated heterocycles. The molecule has 150 valence electrons. The van der Waals surface area contributed by atoms with Crippen molar-refractivity contribution in [1.82, 2.24) is 5.32 Å². The summed E-state index contributed by atoms with van der Waals surface area (Å²) in [5.74, 6) is 0.305. The quantitative estimate of drug-likeness (QED) is 0.299. The molecule has 1 atom stereocenters. The van der Waals surface area contributed by atoms with Gasteiger partial charge in [-0.15, -0.1) is 0 Å². The van der Waals surface area contributed by atoms with E-state index in [-0.39, 0.29) is 11.6 Å². The van der Waals surface area contributed by atoms with Gasteiger partial charge in [0.1, 0.15) is 11.4 Å². The summed E-state index contributed by atoms with van der Waals surface area (Å²) < 4.78 is 10.4. The maximum atomic E-state index is 12.1. The van der Waals surface area contributed by atoms with Crippen molar-refractivity contribution in [1.29, 1.82) is 0 Å². The molecule has 1 amide bonds. The van der Waals surface area contributed by atoms with Gasteiger partial charge in [0, 0.05) is 6.42 Å². The lowest BCUT2D eigenvalue weighted by atomic mass is 10.1. The third-order valence-corrected chi connectivity index (χ3v) is 3.69. The molecule has 1 aromatic rings. The van der Waals surface area contributed by atoms with E-state index in [4.69, 9.17) is 20.0 Å². The molecule has 3 N–H and O–H groups in total. The number of amidine groups is 1. The van der Waals surface area contributed by atoms with Crippen molar-refractivity contribution in [3.05, 3.63) is 29.8 Å². The number of amides is 1. The van der Waals surface area contributed by atoms with Gasteiger partial charge in [-0.25, -0.2) is 9.59 Å². The summed E-state index contributed by atoms with van der Waals surface area (Å²) in [6.07, 6.45) is 1.46. The lowest BCUT2D eigenvalue weighted by molar-refractivity contribution is -0.140. The number of hydrogen-bond donors (Lipinski definition) is 2. The first kappa shape index (κ1) is 22.6. The summed E-state index contributed by atoms with van der Waals surface area (Å²) in [4.78, 5) is 28.4. The van der Waals surface area contributed by atoms with Gasteiger partial charge in [0.25, 0.3) is 0 Å². The Morgan fingerprint density at radius 3 is 2.41 bits per heavy atom. The summed E-state index contributed by atoms with van der Waals surface area (Å²) >= 11 is 1.31. The van der Waals surface area contributed by atoms with Crippen molar-refractivity contribution in [3.63, 3.8) is 0 Å². The first-order chi connectivity index (χ1) is 12.6. The second kappa shape index (κ2) is 10.7. The molecule has 0 aliphatic heterocycles. The standard InChI is InChI=1S/C18H27N3O5S/c1-18(2,3)25-17(23)20-14(16(19)21-26-15(22)11-27-5)10-12-6-8-13(24-4)9-7-12/h6-9,14H,10-11H2,1-5H3,(H2,19,21)(H,20,23)/t14-/m0/s1. The number of thioether (sulfide) groups is 1. The van der Waals surface area contributed by atoms with E-state index in [9.17, 15) is 9.59 Å². The monoisotopic (exact) mass is 397 g/mol. The van der Waals surface area contributed by atoms with E-state index < -0.39 is 23.7 Å². The number of nitrogens with two attached hydrogens (primary N) is 1. The molecule has 0 aliphatic rings. The van der Waals surface area contributed by atoms with Gasteiger partial charge in [-0.2, -0.15) is 11.8 Å². The predicted molar refractivity (Wildman–Crippen MR) is 106 cm³/mol. The number of nitrogens with zero attached hydrogens (tertiary/aromatic N) is 1. The SMILES string of the molecule is COc1ccc(C[C@H](NC(=O)OC(C)(C)C)C(N)=NOC(=O)CSC)cc1. The Morgan fingerprint density at radius 2 is 1.89 bits per heavy atom. The topological polar surface area (TPSA) is 112 Å². The molecule has 1 aromatic carbocycles. The Morgan fingerprint density at radius 1 is 1.26 bits per heavy atom. The van der Waals surface area contributed by atoms with Crippen LogP contribution in [0.25, 0.3) is 0 Å². The molecule has 0 saturated carbocycles. The van der Waals surface area contributed by atoms with Crippen LogP contribution in [-0.2, 0) is 20.8 Å². The second-order valence-electron chi connectivity index (χ2n) is 6.66. The molecule has 0 aromatic heterocycles. The van der Waals surface area contributed by atoms with Crippen LogP contribution in [0.1, 0.15) is 26.3 Å². The van der Waals surface area contributed by atoms with Crippen molar-refractivity contribution in [2.75, 3.05) is 19.1 Å². The van der Waals surface area contributed by atoms with Crippen molar-refractivity contribution in [2.45, 2.75) is 38.8 Å². The van der Waals surface area contributed by atoms with Crippen LogP contribution < -0.4 is 15.8 Å². The van der Waals surface area contributed by atoms with Crippen LogP contribution in [0.4, 0.5) is 4.79 Å². The number of hydrogen-bond acceptors (Lipinski definition) is 7. The minimum atomic E-state index is -0.713.